The van der Waals surface area contributed by atoms with E-state index in [9.17, 15) is 9.18 Å². The van der Waals surface area contributed by atoms with Gasteiger partial charge in [0.2, 0.25) is 5.91 Å². The monoisotopic (exact) mass is 455 g/mol. The maximum Gasteiger partial charge on any atom is 0.234 e. The Bertz CT molecular complexity index is 1060. The van der Waals surface area contributed by atoms with Crippen LogP contribution in [0, 0.1) is 5.82 Å². The number of carbonyl (C=O) groups excluding carboxylic acids is 1. The molecule has 8 heteroatoms. The van der Waals surface area contributed by atoms with Gasteiger partial charge >= 0.3 is 0 Å². The van der Waals surface area contributed by atoms with Crippen molar-refractivity contribution in [2.45, 2.75) is 37.8 Å². The molecule has 1 N–H and O–H groups in total. The first-order valence-corrected chi connectivity index (χ1v) is 11.6. The smallest absolute Gasteiger partial charge is 0.234 e. The average Bonchev–Trinajstić information content (AvgIpc) is 3.15. The van der Waals surface area contributed by atoms with Crippen molar-refractivity contribution in [2.24, 2.45) is 9.98 Å². The SMILES string of the molecule is COc1ccc(NC(=O)CSC2=NC3(CCCCC3)N=C2c2cccc(F)c2)cc1OC. The number of carbonyl (C=O) groups is 1. The number of anilines is 1. The zero-order chi connectivity index (χ0) is 22.6. The normalized spacial score (nSPS) is 17.0. The molecule has 0 saturated heterocycles. The number of nitrogens with one attached hydrogen (secondary N) is 1. The lowest BCUT2D eigenvalue weighted by atomic mass is 9.90. The maximum absolute atomic E-state index is 13.9. The molecule has 6 nitrogen and oxygen atoms in total. The summed E-state index contributed by atoms with van der Waals surface area (Å²) in [4.78, 5) is 22.5. The zero-order valence-electron chi connectivity index (χ0n) is 18.2. The Balaban J connectivity index is 1.48. The number of aliphatic imine (C=N–C) groups is 2. The molecule has 1 spiro atoms. The van der Waals surface area contributed by atoms with E-state index in [4.69, 9.17) is 19.5 Å². The fourth-order valence-electron chi connectivity index (χ4n) is 4.03. The first-order valence-electron chi connectivity index (χ1n) is 10.6. The van der Waals surface area contributed by atoms with Crippen LogP contribution in [0.2, 0.25) is 0 Å². The van der Waals surface area contributed by atoms with E-state index in [1.165, 1.54) is 30.3 Å². The molecule has 1 aliphatic heterocycles. The molecule has 2 aromatic carbocycles. The number of amides is 1. The van der Waals surface area contributed by atoms with Gasteiger partial charge in [-0.05, 0) is 49.9 Å². The van der Waals surface area contributed by atoms with Crippen LogP contribution in [-0.4, -0.2) is 42.3 Å². The van der Waals surface area contributed by atoms with Crippen molar-refractivity contribution in [2.75, 3.05) is 25.3 Å². The molecule has 1 amide bonds. The molecule has 168 valence electrons. The van der Waals surface area contributed by atoms with Crippen molar-refractivity contribution in [3.05, 3.63) is 53.8 Å². The van der Waals surface area contributed by atoms with E-state index in [1.807, 2.05) is 6.07 Å². The minimum atomic E-state index is -0.470. The van der Waals surface area contributed by atoms with E-state index >= 15 is 0 Å². The molecule has 0 radical (unpaired) electrons. The Morgan fingerprint density at radius 2 is 1.84 bits per heavy atom. The van der Waals surface area contributed by atoms with Crippen LogP contribution in [0.15, 0.2) is 52.4 Å². The second-order valence-corrected chi connectivity index (χ2v) is 8.80. The van der Waals surface area contributed by atoms with E-state index < -0.39 is 5.66 Å². The molecule has 2 aromatic rings. The van der Waals surface area contributed by atoms with Crippen LogP contribution in [0.25, 0.3) is 0 Å². The van der Waals surface area contributed by atoms with Gasteiger partial charge in [0.05, 0.1) is 25.7 Å². The van der Waals surface area contributed by atoms with Gasteiger partial charge in [0.15, 0.2) is 17.2 Å². The van der Waals surface area contributed by atoms with Crippen LogP contribution in [-0.2, 0) is 4.79 Å². The Kier molecular flexibility index (Phi) is 6.79. The van der Waals surface area contributed by atoms with E-state index in [1.54, 1.807) is 38.5 Å². The minimum Gasteiger partial charge on any atom is -0.493 e. The Morgan fingerprint density at radius 3 is 2.56 bits per heavy atom. The Morgan fingerprint density at radius 1 is 1.06 bits per heavy atom. The zero-order valence-corrected chi connectivity index (χ0v) is 19.0. The average molecular weight is 456 g/mol. The van der Waals surface area contributed by atoms with E-state index in [2.05, 4.69) is 5.32 Å². The number of methoxy groups -OCH3 is 2. The standard InChI is InChI=1S/C24H26FN3O3S/c1-30-19-10-9-18(14-20(19)31-2)26-21(29)15-32-23-22(16-7-6-8-17(25)13-16)27-24(28-23)11-4-3-5-12-24/h6-10,13-14H,3-5,11-12,15H2,1-2H3,(H,26,29). The summed E-state index contributed by atoms with van der Waals surface area (Å²) >= 11 is 1.33. The van der Waals surface area contributed by atoms with Gasteiger partial charge in [-0.15, -0.1) is 0 Å². The second kappa shape index (κ2) is 9.73. The molecular weight excluding hydrogens is 429 g/mol. The van der Waals surface area contributed by atoms with Gasteiger partial charge in [0.25, 0.3) is 0 Å². The molecule has 0 unspecified atom stereocenters. The van der Waals surface area contributed by atoms with Crippen LogP contribution < -0.4 is 14.8 Å². The van der Waals surface area contributed by atoms with Crippen molar-refractivity contribution >= 4 is 34.1 Å². The van der Waals surface area contributed by atoms with Crippen LogP contribution in [0.5, 0.6) is 11.5 Å². The van der Waals surface area contributed by atoms with Gasteiger partial charge in [0.1, 0.15) is 10.9 Å². The number of thioether (sulfide) groups is 1. The second-order valence-electron chi connectivity index (χ2n) is 7.84. The molecule has 32 heavy (non-hydrogen) atoms. The molecule has 1 aliphatic carbocycles. The van der Waals surface area contributed by atoms with Crippen LogP contribution >= 0.6 is 11.8 Å². The van der Waals surface area contributed by atoms with E-state index in [-0.39, 0.29) is 17.5 Å². The first kappa shape index (κ1) is 22.3. The number of nitrogens with zero attached hydrogens (tertiary/aromatic N) is 2. The topological polar surface area (TPSA) is 72.3 Å². The number of benzene rings is 2. The van der Waals surface area contributed by atoms with Gasteiger partial charge in [0, 0.05) is 17.3 Å². The molecule has 2 aliphatic rings. The third-order valence-corrected chi connectivity index (χ3v) is 6.56. The fourth-order valence-corrected chi connectivity index (χ4v) is 4.91. The summed E-state index contributed by atoms with van der Waals surface area (Å²) in [6.07, 6.45) is 5.09. The maximum atomic E-state index is 13.9. The van der Waals surface area contributed by atoms with Crippen molar-refractivity contribution in [1.29, 1.82) is 0 Å². The van der Waals surface area contributed by atoms with Crippen molar-refractivity contribution in [1.82, 2.24) is 0 Å². The predicted molar refractivity (Wildman–Crippen MR) is 127 cm³/mol. The number of hydrogen-bond donors (Lipinski definition) is 1. The highest BCUT2D eigenvalue weighted by atomic mass is 32.2. The lowest BCUT2D eigenvalue weighted by molar-refractivity contribution is -0.113. The number of halogens is 1. The highest BCUT2D eigenvalue weighted by Crippen LogP contribution is 2.39. The Hall–Kier alpha value is -2.87. The molecule has 0 bridgehead atoms. The molecule has 1 fully saturated rings. The summed E-state index contributed by atoms with van der Waals surface area (Å²) in [7, 11) is 3.11. The van der Waals surface area contributed by atoms with Crippen molar-refractivity contribution < 1.29 is 18.7 Å². The van der Waals surface area contributed by atoms with Crippen LogP contribution in [0.3, 0.4) is 0 Å². The Labute approximate surface area is 191 Å². The number of ether oxygens (including phenoxy) is 2. The molecule has 0 atom stereocenters. The quantitative estimate of drug-likeness (QED) is 0.660. The van der Waals surface area contributed by atoms with Gasteiger partial charge in [-0.3, -0.25) is 9.79 Å². The molecule has 0 aromatic heterocycles. The lowest BCUT2D eigenvalue weighted by Gasteiger charge is -2.27. The van der Waals surface area contributed by atoms with Crippen molar-refractivity contribution in [3.63, 3.8) is 0 Å². The third-order valence-electron chi connectivity index (χ3n) is 5.59. The highest BCUT2D eigenvalue weighted by molar-refractivity contribution is 8.16. The van der Waals surface area contributed by atoms with Crippen LogP contribution in [0.4, 0.5) is 10.1 Å². The summed E-state index contributed by atoms with van der Waals surface area (Å²) in [6, 6.07) is 11.6. The lowest BCUT2D eigenvalue weighted by Crippen LogP contribution is -2.25. The van der Waals surface area contributed by atoms with E-state index in [0.717, 1.165) is 25.7 Å². The first-order chi connectivity index (χ1) is 15.5. The summed E-state index contributed by atoms with van der Waals surface area (Å²) in [5.74, 6) is 0.808. The van der Waals surface area contributed by atoms with Crippen molar-refractivity contribution in [3.8, 4) is 11.5 Å². The summed E-state index contributed by atoms with van der Waals surface area (Å²) < 4.78 is 24.4. The van der Waals surface area contributed by atoms with E-state index in [0.29, 0.717) is 33.5 Å². The fraction of sp³-hybridized carbons (Fsp3) is 0.375. The molecule has 1 saturated carbocycles. The van der Waals surface area contributed by atoms with Gasteiger partial charge < -0.3 is 14.8 Å². The summed E-state index contributed by atoms with van der Waals surface area (Å²) in [5, 5.41) is 3.57. The summed E-state index contributed by atoms with van der Waals surface area (Å²) in [5.41, 5.74) is 1.51. The number of hydrogen-bond acceptors (Lipinski definition) is 6. The van der Waals surface area contributed by atoms with Gasteiger partial charge in [-0.25, -0.2) is 9.38 Å². The third kappa shape index (κ3) is 4.96. The minimum absolute atomic E-state index is 0.164. The van der Waals surface area contributed by atoms with Gasteiger partial charge in [-0.1, -0.05) is 30.3 Å². The largest absolute Gasteiger partial charge is 0.493 e. The summed E-state index contributed by atoms with van der Waals surface area (Å²) in [6.45, 7) is 0. The molecule has 4 rings (SSSR count). The number of rotatable bonds is 6. The highest BCUT2D eigenvalue weighted by Gasteiger charge is 2.38. The van der Waals surface area contributed by atoms with Gasteiger partial charge in [-0.2, -0.15) is 0 Å². The van der Waals surface area contributed by atoms with Crippen LogP contribution in [0.1, 0.15) is 37.7 Å². The molecular formula is C24H26FN3O3S. The predicted octanol–water partition coefficient (Wildman–Crippen LogP) is 5.08. The molecule has 1 heterocycles.